The molecule has 250 valence electrons. The van der Waals surface area contributed by atoms with E-state index in [9.17, 15) is 0 Å². The third-order valence-electron chi connectivity index (χ3n) is 9.15. The predicted octanol–water partition coefficient (Wildman–Crippen LogP) is 11.6. The van der Waals surface area contributed by atoms with E-state index in [-0.39, 0.29) is 0 Å². The quantitative estimate of drug-likeness (QED) is 0.163. The summed E-state index contributed by atoms with van der Waals surface area (Å²) >= 11 is 3.42. The van der Waals surface area contributed by atoms with Crippen LogP contribution < -0.4 is 9.80 Å². The van der Waals surface area contributed by atoms with Crippen LogP contribution in [0.15, 0.2) is 154 Å². The lowest BCUT2D eigenvalue weighted by Crippen LogP contribution is -2.07. The van der Waals surface area contributed by atoms with Crippen LogP contribution in [0.25, 0.3) is 49.5 Å². The standard InChI is InChI=1S/C44H37N5S2/c1-48(2)35-21-17-31(18-22-35)29-9-13-33(14-10-29)39-27-37(41-7-5-25-50-41)43(45-39)47-44-38(42-8-6-26-51-42)28-40(46-44)34-15-11-30(12-16-34)32-19-23-36(24-20-32)49(3)4/h5-28,45H,1-4H3/b47-44-. The second-order valence-corrected chi connectivity index (χ2v) is 14.8. The van der Waals surface area contributed by atoms with E-state index >= 15 is 0 Å². The molecule has 4 aromatic carbocycles. The van der Waals surface area contributed by atoms with Crippen molar-refractivity contribution in [2.24, 2.45) is 9.98 Å². The molecule has 0 saturated carbocycles. The zero-order valence-electron chi connectivity index (χ0n) is 29.0. The summed E-state index contributed by atoms with van der Waals surface area (Å²) < 4.78 is 0. The van der Waals surface area contributed by atoms with Crippen LogP contribution in [0, 0.1) is 0 Å². The molecule has 1 N–H and O–H groups in total. The molecule has 0 aliphatic carbocycles. The van der Waals surface area contributed by atoms with Crippen molar-refractivity contribution in [2.45, 2.75) is 0 Å². The molecule has 4 heterocycles. The zero-order chi connectivity index (χ0) is 34.9. The summed E-state index contributed by atoms with van der Waals surface area (Å²) in [5.74, 6) is 1.51. The summed E-state index contributed by atoms with van der Waals surface area (Å²) in [6, 6.07) is 45.4. The van der Waals surface area contributed by atoms with Gasteiger partial charge in [-0.2, -0.15) is 0 Å². The lowest BCUT2D eigenvalue weighted by Gasteiger charge is -2.12. The molecule has 0 fully saturated rings. The number of allylic oxidation sites excluding steroid dienone is 1. The van der Waals surface area contributed by atoms with Crippen LogP contribution in [0.5, 0.6) is 0 Å². The highest BCUT2D eigenvalue weighted by molar-refractivity contribution is 7.13. The first-order chi connectivity index (χ1) is 24.9. The number of H-pyrrole nitrogens is 1. The van der Waals surface area contributed by atoms with Gasteiger partial charge >= 0.3 is 0 Å². The first kappa shape index (κ1) is 32.4. The molecule has 1 aliphatic rings. The molecule has 0 amide bonds. The Labute approximate surface area is 307 Å². The first-order valence-corrected chi connectivity index (χ1v) is 18.6. The van der Waals surface area contributed by atoms with Crippen LogP contribution in [0.4, 0.5) is 17.2 Å². The molecule has 5 nitrogen and oxygen atoms in total. The van der Waals surface area contributed by atoms with Crippen LogP contribution in [-0.4, -0.2) is 44.7 Å². The van der Waals surface area contributed by atoms with Crippen LogP contribution in [0.2, 0.25) is 0 Å². The molecule has 0 bridgehead atoms. The zero-order valence-corrected chi connectivity index (χ0v) is 30.6. The smallest absolute Gasteiger partial charge is 0.163 e. The highest BCUT2D eigenvalue weighted by Gasteiger charge is 2.22. The van der Waals surface area contributed by atoms with Crippen molar-refractivity contribution in [1.29, 1.82) is 0 Å². The molecular weight excluding hydrogens is 663 g/mol. The number of benzene rings is 4. The van der Waals surface area contributed by atoms with Crippen molar-refractivity contribution < 1.29 is 0 Å². The van der Waals surface area contributed by atoms with Gasteiger partial charge in [-0.25, -0.2) is 9.98 Å². The molecule has 0 spiro atoms. The molecule has 0 saturated heterocycles. The van der Waals surface area contributed by atoms with Crippen LogP contribution in [0.1, 0.15) is 10.4 Å². The van der Waals surface area contributed by atoms with Gasteiger partial charge in [-0.05, 0) is 87.1 Å². The van der Waals surface area contributed by atoms with Crippen molar-refractivity contribution in [3.63, 3.8) is 0 Å². The van der Waals surface area contributed by atoms with Crippen molar-refractivity contribution in [3.05, 3.63) is 155 Å². The Morgan fingerprint density at radius 3 is 1.51 bits per heavy atom. The summed E-state index contributed by atoms with van der Waals surface area (Å²) in [5.41, 5.74) is 13.3. The predicted molar refractivity (Wildman–Crippen MR) is 221 cm³/mol. The number of aromatic nitrogens is 1. The van der Waals surface area contributed by atoms with Gasteiger partial charge in [-0.1, -0.05) is 84.9 Å². The summed E-state index contributed by atoms with van der Waals surface area (Å²) in [7, 11) is 8.24. The van der Waals surface area contributed by atoms with E-state index < -0.39 is 0 Å². The summed E-state index contributed by atoms with van der Waals surface area (Å²) in [4.78, 5) is 20.6. The Bertz CT molecular complexity index is 2360. The Balaban J connectivity index is 1.13. The second-order valence-electron chi connectivity index (χ2n) is 12.9. The van der Waals surface area contributed by atoms with Crippen molar-refractivity contribution in [2.75, 3.05) is 38.0 Å². The number of nitrogens with zero attached hydrogens (tertiary/aromatic N) is 4. The number of aliphatic imine (C=N–C) groups is 2. The number of anilines is 2. The topological polar surface area (TPSA) is 47.0 Å². The van der Waals surface area contributed by atoms with Gasteiger partial charge in [0.05, 0.1) is 5.71 Å². The lowest BCUT2D eigenvalue weighted by atomic mass is 10.0. The van der Waals surface area contributed by atoms with Crippen LogP contribution in [0.3, 0.4) is 0 Å². The third kappa shape index (κ3) is 6.74. The van der Waals surface area contributed by atoms with E-state index in [1.54, 1.807) is 22.7 Å². The molecule has 0 unspecified atom stereocenters. The van der Waals surface area contributed by atoms with Gasteiger partial charge < -0.3 is 14.8 Å². The van der Waals surface area contributed by atoms with E-state index in [0.717, 1.165) is 49.2 Å². The number of thiophene rings is 2. The minimum absolute atomic E-state index is 0.707. The number of hydrogen-bond donors (Lipinski definition) is 1. The highest BCUT2D eigenvalue weighted by atomic mass is 32.1. The first-order valence-electron chi connectivity index (χ1n) is 16.9. The van der Waals surface area contributed by atoms with Gasteiger partial charge in [0.15, 0.2) is 5.84 Å². The van der Waals surface area contributed by atoms with E-state index in [4.69, 9.17) is 9.98 Å². The number of rotatable bonds is 9. The van der Waals surface area contributed by atoms with Crippen LogP contribution >= 0.6 is 22.7 Å². The fraction of sp³-hybridized carbons (Fsp3) is 0.0909. The minimum Gasteiger partial charge on any atom is -0.378 e. The molecular formula is C44H37N5S2. The van der Waals surface area contributed by atoms with Crippen molar-refractivity contribution >= 4 is 57.0 Å². The van der Waals surface area contributed by atoms with Crippen LogP contribution in [-0.2, 0) is 0 Å². The van der Waals surface area contributed by atoms with Gasteiger partial charge in [-0.3, -0.25) is 0 Å². The molecule has 1 aliphatic heterocycles. The summed E-state index contributed by atoms with van der Waals surface area (Å²) in [6.45, 7) is 0. The van der Waals surface area contributed by atoms with E-state index in [1.807, 2.05) is 0 Å². The third-order valence-corrected chi connectivity index (χ3v) is 11.0. The summed E-state index contributed by atoms with van der Waals surface area (Å²) in [5, 5.41) is 4.21. The van der Waals surface area contributed by atoms with Gasteiger partial charge in [0.2, 0.25) is 0 Å². The Morgan fingerprint density at radius 1 is 0.549 bits per heavy atom. The molecule has 0 radical (unpaired) electrons. The molecule has 7 aromatic rings. The van der Waals surface area contributed by atoms with Gasteiger partial charge in [0.1, 0.15) is 5.82 Å². The number of amidine groups is 1. The average molecular weight is 700 g/mol. The second kappa shape index (κ2) is 13.9. The monoisotopic (exact) mass is 699 g/mol. The molecule has 8 rings (SSSR count). The van der Waals surface area contributed by atoms with Crippen molar-refractivity contribution in [1.82, 2.24) is 4.98 Å². The van der Waals surface area contributed by atoms with Crippen molar-refractivity contribution in [3.8, 4) is 44.0 Å². The highest BCUT2D eigenvalue weighted by Crippen LogP contribution is 2.39. The maximum atomic E-state index is 5.26. The lowest BCUT2D eigenvalue weighted by molar-refractivity contribution is 1.13. The molecule has 0 atom stereocenters. The van der Waals surface area contributed by atoms with Gasteiger partial charge in [0, 0.05) is 71.7 Å². The largest absolute Gasteiger partial charge is 0.378 e. The fourth-order valence-electron chi connectivity index (χ4n) is 6.25. The van der Waals surface area contributed by atoms with Gasteiger partial charge in [-0.15, -0.1) is 22.7 Å². The molecule has 7 heteroatoms. The number of nitrogens with one attached hydrogen (secondary N) is 1. The van der Waals surface area contributed by atoms with E-state index in [1.165, 1.54) is 33.6 Å². The maximum absolute atomic E-state index is 5.26. The molecule has 3 aromatic heterocycles. The number of hydrogen-bond acceptors (Lipinski definition) is 5. The number of aromatic amines is 1. The Kier molecular flexibility index (Phi) is 8.82. The fourth-order valence-corrected chi connectivity index (χ4v) is 7.73. The summed E-state index contributed by atoms with van der Waals surface area (Å²) in [6.07, 6.45) is 2.17. The van der Waals surface area contributed by atoms with E-state index in [0.29, 0.717) is 5.84 Å². The minimum atomic E-state index is 0.707. The Hall–Kier alpha value is -5.76. The average Bonchev–Trinajstić information content (AvgIpc) is 4.00. The maximum Gasteiger partial charge on any atom is 0.163 e. The molecule has 51 heavy (non-hydrogen) atoms. The Morgan fingerprint density at radius 2 is 1.02 bits per heavy atom. The van der Waals surface area contributed by atoms with E-state index in [2.05, 4.69) is 187 Å². The SMILES string of the molecule is CN(C)c1ccc(-c2ccc(C3=N/C(=N\c4[nH]c(-c5ccc(-c6ccc(N(C)C)cc6)cc5)cc4-c4cccs4)C(c4cccs4)=C3)cc2)cc1. The van der Waals surface area contributed by atoms with Gasteiger partial charge in [0.25, 0.3) is 0 Å². The normalized spacial score (nSPS) is 13.4.